The molecular formula is C25H27N3O4. The molecule has 2 aromatic carbocycles. The quantitative estimate of drug-likeness (QED) is 0.628. The van der Waals surface area contributed by atoms with Crippen LogP contribution < -0.4 is 15.0 Å². The Labute approximate surface area is 187 Å². The lowest BCUT2D eigenvalue weighted by atomic mass is 10.2. The molecule has 1 N–H and O–H groups in total. The van der Waals surface area contributed by atoms with Crippen LogP contribution in [0.15, 0.2) is 71.3 Å². The van der Waals surface area contributed by atoms with Crippen LogP contribution in [-0.2, 0) is 0 Å². The Morgan fingerprint density at radius 1 is 0.969 bits per heavy atom. The van der Waals surface area contributed by atoms with Crippen LogP contribution >= 0.6 is 0 Å². The van der Waals surface area contributed by atoms with Crippen molar-refractivity contribution in [3.05, 3.63) is 78.3 Å². The van der Waals surface area contributed by atoms with E-state index in [1.807, 2.05) is 50.2 Å². The second-order valence-electron chi connectivity index (χ2n) is 7.95. The third kappa shape index (κ3) is 5.11. The van der Waals surface area contributed by atoms with Crippen LogP contribution in [0.2, 0.25) is 0 Å². The summed E-state index contributed by atoms with van der Waals surface area (Å²) in [5.41, 5.74) is 2.32. The van der Waals surface area contributed by atoms with Gasteiger partial charge in [0, 0.05) is 43.1 Å². The molecule has 32 heavy (non-hydrogen) atoms. The first-order valence-corrected chi connectivity index (χ1v) is 10.8. The number of hydrogen-bond donors (Lipinski definition) is 1. The maximum atomic E-state index is 12.6. The Morgan fingerprint density at radius 3 is 2.38 bits per heavy atom. The van der Waals surface area contributed by atoms with Gasteiger partial charge in [-0.05, 0) is 68.4 Å². The molecular weight excluding hydrogens is 406 g/mol. The van der Waals surface area contributed by atoms with E-state index in [1.165, 1.54) is 6.26 Å². The molecule has 166 valence electrons. The fraction of sp³-hybridized carbons (Fsp3) is 0.280. The van der Waals surface area contributed by atoms with Gasteiger partial charge in [0.05, 0.1) is 12.4 Å². The van der Waals surface area contributed by atoms with Gasteiger partial charge in [0.25, 0.3) is 11.8 Å². The molecule has 0 aliphatic carbocycles. The number of nitrogens with one attached hydrogen (secondary N) is 1. The Balaban J connectivity index is 1.33. The van der Waals surface area contributed by atoms with E-state index in [0.717, 1.165) is 24.5 Å². The van der Waals surface area contributed by atoms with Gasteiger partial charge in [-0.25, -0.2) is 0 Å². The lowest BCUT2D eigenvalue weighted by molar-refractivity contribution is 0.0714. The monoisotopic (exact) mass is 433 g/mol. The molecule has 2 heterocycles. The number of rotatable bonds is 6. The maximum Gasteiger partial charge on any atom is 0.289 e. The number of nitrogens with zero attached hydrogens (tertiary/aromatic N) is 2. The Bertz CT molecular complexity index is 1050. The zero-order chi connectivity index (χ0) is 22.5. The van der Waals surface area contributed by atoms with Crippen LogP contribution in [0.4, 0.5) is 11.4 Å². The Morgan fingerprint density at radius 2 is 1.72 bits per heavy atom. The van der Waals surface area contributed by atoms with Crippen molar-refractivity contribution < 1.29 is 18.7 Å². The molecule has 1 aromatic heterocycles. The number of hydrogen-bond acceptors (Lipinski definition) is 5. The predicted molar refractivity (Wildman–Crippen MR) is 123 cm³/mol. The lowest BCUT2D eigenvalue weighted by Gasteiger charge is -2.35. The summed E-state index contributed by atoms with van der Waals surface area (Å²) in [5, 5.41) is 2.93. The molecule has 0 spiro atoms. The molecule has 0 radical (unpaired) electrons. The van der Waals surface area contributed by atoms with Gasteiger partial charge in [0.1, 0.15) is 5.75 Å². The highest BCUT2D eigenvalue weighted by atomic mass is 16.5. The van der Waals surface area contributed by atoms with Crippen LogP contribution in [0.25, 0.3) is 0 Å². The van der Waals surface area contributed by atoms with Crippen LogP contribution in [0, 0.1) is 0 Å². The number of carbonyl (C=O) groups is 2. The molecule has 0 bridgehead atoms. The Hall–Kier alpha value is -3.74. The van der Waals surface area contributed by atoms with E-state index in [2.05, 4.69) is 10.2 Å². The third-order valence-electron chi connectivity index (χ3n) is 5.26. The summed E-state index contributed by atoms with van der Waals surface area (Å²) in [6.07, 6.45) is 1.56. The molecule has 1 saturated heterocycles. The highest BCUT2D eigenvalue weighted by molar-refractivity contribution is 6.04. The third-order valence-corrected chi connectivity index (χ3v) is 5.26. The maximum absolute atomic E-state index is 12.6. The number of furan rings is 1. The van der Waals surface area contributed by atoms with Crippen molar-refractivity contribution in [2.45, 2.75) is 20.0 Å². The van der Waals surface area contributed by atoms with Gasteiger partial charge in [-0.1, -0.05) is 6.07 Å². The average molecular weight is 434 g/mol. The fourth-order valence-corrected chi connectivity index (χ4v) is 3.67. The van der Waals surface area contributed by atoms with Crippen LogP contribution in [0.5, 0.6) is 5.75 Å². The number of carbonyl (C=O) groups excluding carboxylic acids is 2. The molecule has 1 aliphatic heterocycles. The normalized spacial score (nSPS) is 13.8. The fourth-order valence-electron chi connectivity index (χ4n) is 3.67. The highest BCUT2D eigenvalue weighted by Crippen LogP contribution is 2.21. The summed E-state index contributed by atoms with van der Waals surface area (Å²) in [4.78, 5) is 29.1. The molecule has 3 aromatic rings. The van der Waals surface area contributed by atoms with E-state index < -0.39 is 0 Å². The number of amides is 2. The van der Waals surface area contributed by atoms with Gasteiger partial charge in [-0.2, -0.15) is 0 Å². The van der Waals surface area contributed by atoms with Crippen molar-refractivity contribution in [2.75, 3.05) is 36.4 Å². The number of anilines is 2. The van der Waals surface area contributed by atoms with Gasteiger partial charge in [0.15, 0.2) is 5.76 Å². The zero-order valence-corrected chi connectivity index (χ0v) is 18.3. The summed E-state index contributed by atoms with van der Waals surface area (Å²) in [6.45, 7) is 6.64. The molecule has 0 saturated carbocycles. The van der Waals surface area contributed by atoms with Crippen molar-refractivity contribution in [1.29, 1.82) is 0 Å². The molecule has 2 amide bonds. The molecule has 7 nitrogen and oxygen atoms in total. The van der Waals surface area contributed by atoms with E-state index in [1.54, 1.807) is 29.2 Å². The average Bonchev–Trinajstić information content (AvgIpc) is 3.34. The van der Waals surface area contributed by atoms with E-state index in [-0.39, 0.29) is 17.9 Å². The first-order chi connectivity index (χ1) is 15.5. The van der Waals surface area contributed by atoms with Crippen molar-refractivity contribution in [1.82, 2.24) is 4.90 Å². The smallest absolute Gasteiger partial charge is 0.289 e. The minimum atomic E-state index is -0.183. The van der Waals surface area contributed by atoms with Crippen LogP contribution in [-0.4, -0.2) is 49.0 Å². The lowest BCUT2D eigenvalue weighted by Crippen LogP contribution is -2.48. The van der Waals surface area contributed by atoms with E-state index in [0.29, 0.717) is 30.2 Å². The van der Waals surface area contributed by atoms with Gasteiger partial charge in [-0.3, -0.25) is 9.59 Å². The van der Waals surface area contributed by atoms with Crippen molar-refractivity contribution in [2.24, 2.45) is 0 Å². The largest absolute Gasteiger partial charge is 0.491 e. The summed E-state index contributed by atoms with van der Waals surface area (Å²) < 4.78 is 10.9. The molecule has 4 rings (SSSR count). The first-order valence-electron chi connectivity index (χ1n) is 10.8. The zero-order valence-electron chi connectivity index (χ0n) is 18.3. The van der Waals surface area contributed by atoms with Gasteiger partial charge >= 0.3 is 0 Å². The van der Waals surface area contributed by atoms with E-state index >= 15 is 0 Å². The van der Waals surface area contributed by atoms with Crippen molar-refractivity contribution in [3.8, 4) is 5.75 Å². The summed E-state index contributed by atoms with van der Waals surface area (Å²) in [6, 6.07) is 18.3. The number of ether oxygens (including phenoxy) is 1. The second-order valence-corrected chi connectivity index (χ2v) is 7.95. The van der Waals surface area contributed by atoms with Gasteiger partial charge in [-0.15, -0.1) is 0 Å². The second kappa shape index (κ2) is 9.60. The summed E-state index contributed by atoms with van der Waals surface area (Å²) in [7, 11) is 0. The highest BCUT2D eigenvalue weighted by Gasteiger charge is 2.23. The van der Waals surface area contributed by atoms with E-state index in [4.69, 9.17) is 9.15 Å². The van der Waals surface area contributed by atoms with Gasteiger partial charge < -0.3 is 24.3 Å². The first kappa shape index (κ1) is 21.5. The summed E-state index contributed by atoms with van der Waals surface area (Å²) >= 11 is 0. The van der Waals surface area contributed by atoms with Gasteiger partial charge in [0.2, 0.25) is 0 Å². The number of benzene rings is 2. The van der Waals surface area contributed by atoms with Crippen molar-refractivity contribution >= 4 is 23.2 Å². The Kier molecular flexibility index (Phi) is 6.44. The minimum absolute atomic E-state index is 0.0472. The minimum Gasteiger partial charge on any atom is -0.491 e. The molecule has 0 atom stereocenters. The molecule has 0 unspecified atom stereocenters. The standard InChI is InChI=1S/C25H27N3O4/c1-18(2)32-22-6-3-5-19(17-22)24(29)26-20-8-10-21(11-9-20)27-12-14-28(15-13-27)25(30)23-7-4-16-31-23/h3-11,16-18H,12-15H2,1-2H3,(H,26,29). The van der Waals surface area contributed by atoms with E-state index in [9.17, 15) is 9.59 Å². The molecule has 7 heteroatoms. The topological polar surface area (TPSA) is 75.0 Å². The number of piperazine rings is 1. The van der Waals surface area contributed by atoms with Crippen LogP contribution in [0.3, 0.4) is 0 Å². The van der Waals surface area contributed by atoms with Crippen molar-refractivity contribution in [3.63, 3.8) is 0 Å². The molecule has 1 aliphatic rings. The SMILES string of the molecule is CC(C)Oc1cccc(C(=O)Nc2ccc(N3CCN(C(=O)c4ccco4)CC3)cc2)c1. The van der Waals surface area contributed by atoms with Crippen LogP contribution in [0.1, 0.15) is 34.8 Å². The molecule has 1 fully saturated rings. The predicted octanol–water partition coefficient (Wildman–Crippen LogP) is 4.28. The summed E-state index contributed by atoms with van der Waals surface area (Å²) in [5.74, 6) is 0.792.